The van der Waals surface area contributed by atoms with Gasteiger partial charge in [0, 0.05) is 13.1 Å². The molecule has 0 spiro atoms. The Morgan fingerprint density at radius 3 is 2.36 bits per heavy atom. The minimum atomic E-state index is -1.66. The van der Waals surface area contributed by atoms with Crippen LogP contribution in [0.3, 0.4) is 0 Å². The molecule has 9 heteroatoms. The summed E-state index contributed by atoms with van der Waals surface area (Å²) in [5, 5.41) is 8.10. The number of amides is 1. The van der Waals surface area contributed by atoms with Crippen LogP contribution in [-0.4, -0.2) is 31.5 Å². The molecule has 0 aliphatic heterocycles. The number of nitrogens with one attached hydrogen (secondary N) is 3. The van der Waals surface area contributed by atoms with Gasteiger partial charge in [0.15, 0.2) is 23.4 Å². The smallest absolute Gasteiger partial charge is 0.246 e. The zero-order chi connectivity index (χ0) is 20.5. The quantitative estimate of drug-likeness (QED) is 0.292. The van der Waals surface area contributed by atoms with E-state index in [0.29, 0.717) is 25.5 Å². The van der Waals surface area contributed by atoms with Crippen molar-refractivity contribution in [3.05, 3.63) is 65.2 Å². The molecule has 0 radical (unpaired) electrons. The first kappa shape index (κ1) is 21.2. The summed E-state index contributed by atoms with van der Waals surface area (Å²) in [5.74, 6) is -5.12. The van der Waals surface area contributed by atoms with Gasteiger partial charge in [-0.05, 0) is 43.2 Å². The van der Waals surface area contributed by atoms with Gasteiger partial charge in [0.25, 0.3) is 0 Å². The summed E-state index contributed by atoms with van der Waals surface area (Å²) in [4.78, 5) is 16.0. The molecule has 2 aromatic rings. The number of carbonyl (C=O) groups is 1. The molecule has 3 N–H and O–H groups in total. The second-order valence-electron chi connectivity index (χ2n) is 5.77. The summed E-state index contributed by atoms with van der Waals surface area (Å²) in [6, 6.07) is 7.74. The molecule has 0 saturated carbocycles. The highest BCUT2D eigenvalue weighted by molar-refractivity contribution is 5.94. The molecular formula is C19H20F4N4O. The third-order valence-corrected chi connectivity index (χ3v) is 3.65. The van der Waals surface area contributed by atoms with E-state index in [2.05, 4.69) is 20.9 Å². The van der Waals surface area contributed by atoms with Gasteiger partial charge < -0.3 is 16.0 Å². The van der Waals surface area contributed by atoms with Crippen molar-refractivity contribution in [2.24, 2.45) is 4.99 Å². The van der Waals surface area contributed by atoms with E-state index in [-0.39, 0.29) is 12.4 Å². The van der Waals surface area contributed by atoms with Crippen molar-refractivity contribution in [1.82, 2.24) is 10.6 Å². The normalized spacial score (nSPS) is 11.2. The van der Waals surface area contributed by atoms with E-state index < -0.39 is 29.0 Å². The van der Waals surface area contributed by atoms with Gasteiger partial charge in [-0.1, -0.05) is 12.1 Å². The zero-order valence-corrected chi connectivity index (χ0v) is 15.2. The van der Waals surface area contributed by atoms with Gasteiger partial charge in [0.05, 0.1) is 5.69 Å². The van der Waals surface area contributed by atoms with Crippen molar-refractivity contribution >= 4 is 17.6 Å². The standard InChI is InChI=1S/C19H20F4N4O/c1-2-24-19(25-10-9-12-3-5-13(20)6-4-12)26-11-16(28)27-15-8-7-14(21)17(22)18(15)23/h3-8H,2,9-11H2,1H3,(H,27,28)(H2,24,25,26). The lowest BCUT2D eigenvalue weighted by Gasteiger charge is -2.11. The van der Waals surface area contributed by atoms with Gasteiger partial charge in [-0.25, -0.2) is 22.6 Å². The molecule has 0 aliphatic rings. The van der Waals surface area contributed by atoms with Gasteiger partial charge in [0.1, 0.15) is 12.4 Å². The molecule has 28 heavy (non-hydrogen) atoms. The Bertz CT molecular complexity index is 841. The van der Waals surface area contributed by atoms with E-state index in [1.54, 1.807) is 12.1 Å². The number of nitrogens with zero attached hydrogens (tertiary/aromatic N) is 1. The van der Waals surface area contributed by atoms with E-state index >= 15 is 0 Å². The van der Waals surface area contributed by atoms with Crippen LogP contribution in [0, 0.1) is 23.3 Å². The summed E-state index contributed by atoms with van der Waals surface area (Å²) in [6.45, 7) is 2.51. The Labute approximate surface area is 159 Å². The van der Waals surface area contributed by atoms with Crippen molar-refractivity contribution in [3.8, 4) is 0 Å². The third-order valence-electron chi connectivity index (χ3n) is 3.65. The van der Waals surface area contributed by atoms with Gasteiger partial charge >= 0.3 is 0 Å². The van der Waals surface area contributed by atoms with Crippen molar-refractivity contribution in [3.63, 3.8) is 0 Å². The van der Waals surface area contributed by atoms with Crippen LogP contribution in [0.25, 0.3) is 0 Å². The van der Waals surface area contributed by atoms with Crippen molar-refractivity contribution in [1.29, 1.82) is 0 Å². The number of aliphatic imine (C=N–C) groups is 1. The molecular weight excluding hydrogens is 376 g/mol. The SMILES string of the molecule is CCNC(=NCC(=O)Nc1ccc(F)c(F)c1F)NCCc1ccc(F)cc1. The first-order valence-corrected chi connectivity index (χ1v) is 8.60. The highest BCUT2D eigenvalue weighted by Crippen LogP contribution is 2.19. The number of hydrogen-bond acceptors (Lipinski definition) is 2. The molecule has 1 amide bonds. The van der Waals surface area contributed by atoms with Crippen LogP contribution in [0.1, 0.15) is 12.5 Å². The lowest BCUT2D eigenvalue weighted by atomic mass is 10.1. The molecule has 2 aromatic carbocycles. The highest BCUT2D eigenvalue weighted by Gasteiger charge is 2.15. The van der Waals surface area contributed by atoms with Crippen molar-refractivity contribution in [2.45, 2.75) is 13.3 Å². The summed E-state index contributed by atoms with van der Waals surface area (Å²) < 4.78 is 52.6. The molecule has 0 saturated heterocycles. The number of guanidine groups is 1. The lowest BCUT2D eigenvalue weighted by molar-refractivity contribution is -0.114. The zero-order valence-electron chi connectivity index (χ0n) is 15.2. The number of benzene rings is 2. The first-order chi connectivity index (χ1) is 13.4. The molecule has 2 rings (SSSR count). The Morgan fingerprint density at radius 2 is 1.68 bits per heavy atom. The first-order valence-electron chi connectivity index (χ1n) is 8.60. The topological polar surface area (TPSA) is 65.5 Å². The fourth-order valence-electron chi connectivity index (χ4n) is 2.28. The minimum Gasteiger partial charge on any atom is -0.357 e. The number of hydrogen-bond donors (Lipinski definition) is 3. The minimum absolute atomic E-state index is 0.310. The van der Waals surface area contributed by atoms with Crippen LogP contribution in [0.5, 0.6) is 0 Å². The molecule has 0 atom stereocenters. The number of halogens is 4. The Kier molecular flexibility index (Phi) is 7.79. The fourth-order valence-corrected chi connectivity index (χ4v) is 2.28. The predicted molar refractivity (Wildman–Crippen MR) is 99.0 cm³/mol. The maximum Gasteiger partial charge on any atom is 0.246 e. The lowest BCUT2D eigenvalue weighted by Crippen LogP contribution is -2.39. The molecule has 150 valence electrons. The Morgan fingerprint density at radius 1 is 0.964 bits per heavy atom. The Balaban J connectivity index is 1.89. The second kappa shape index (κ2) is 10.3. The number of rotatable bonds is 7. The number of carbonyl (C=O) groups excluding carboxylic acids is 1. The van der Waals surface area contributed by atoms with E-state index in [1.165, 1.54) is 12.1 Å². The van der Waals surface area contributed by atoms with Crippen LogP contribution in [0.2, 0.25) is 0 Å². The molecule has 0 unspecified atom stereocenters. The van der Waals surface area contributed by atoms with Crippen LogP contribution in [0.15, 0.2) is 41.4 Å². The number of anilines is 1. The van der Waals surface area contributed by atoms with Crippen LogP contribution in [-0.2, 0) is 11.2 Å². The molecule has 0 heterocycles. The maximum absolute atomic E-state index is 13.6. The summed E-state index contributed by atoms with van der Waals surface area (Å²) in [5.41, 5.74) is 0.463. The van der Waals surface area contributed by atoms with Gasteiger partial charge in [0.2, 0.25) is 5.91 Å². The average Bonchev–Trinajstić information content (AvgIpc) is 2.68. The third kappa shape index (κ3) is 6.26. The maximum atomic E-state index is 13.6. The van der Waals surface area contributed by atoms with E-state index in [4.69, 9.17) is 0 Å². The largest absolute Gasteiger partial charge is 0.357 e. The van der Waals surface area contributed by atoms with Gasteiger partial charge in [-0.3, -0.25) is 4.79 Å². The average molecular weight is 396 g/mol. The van der Waals surface area contributed by atoms with Crippen LogP contribution < -0.4 is 16.0 Å². The second-order valence-corrected chi connectivity index (χ2v) is 5.77. The highest BCUT2D eigenvalue weighted by atomic mass is 19.2. The van der Waals surface area contributed by atoms with Crippen molar-refractivity contribution in [2.75, 3.05) is 25.0 Å². The van der Waals surface area contributed by atoms with Gasteiger partial charge in [-0.2, -0.15) is 0 Å². The molecule has 0 aliphatic carbocycles. The summed E-state index contributed by atoms with van der Waals surface area (Å²) in [7, 11) is 0. The molecule has 5 nitrogen and oxygen atoms in total. The van der Waals surface area contributed by atoms with E-state index in [0.717, 1.165) is 17.7 Å². The summed E-state index contributed by atoms with van der Waals surface area (Å²) >= 11 is 0. The van der Waals surface area contributed by atoms with E-state index in [1.807, 2.05) is 6.92 Å². The fraction of sp³-hybridized carbons (Fsp3) is 0.263. The molecule has 0 bridgehead atoms. The monoisotopic (exact) mass is 396 g/mol. The molecule has 0 fully saturated rings. The summed E-state index contributed by atoms with van der Waals surface area (Å²) in [6.07, 6.45) is 0.608. The van der Waals surface area contributed by atoms with Crippen LogP contribution >= 0.6 is 0 Å². The van der Waals surface area contributed by atoms with Crippen molar-refractivity contribution < 1.29 is 22.4 Å². The van der Waals surface area contributed by atoms with E-state index in [9.17, 15) is 22.4 Å². The van der Waals surface area contributed by atoms with Crippen LogP contribution in [0.4, 0.5) is 23.2 Å². The predicted octanol–water partition coefficient (Wildman–Crippen LogP) is 2.98. The Hall–Kier alpha value is -3.10. The molecule has 0 aromatic heterocycles. The van der Waals surface area contributed by atoms with Gasteiger partial charge in [-0.15, -0.1) is 0 Å².